The van der Waals surface area contributed by atoms with Gasteiger partial charge in [0.15, 0.2) is 0 Å². The highest BCUT2D eigenvalue weighted by atomic mass is 16.5. The first kappa shape index (κ1) is 17.2. The van der Waals surface area contributed by atoms with Gasteiger partial charge >= 0.3 is 0 Å². The molecule has 0 amide bonds. The van der Waals surface area contributed by atoms with E-state index in [1.54, 1.807) is 25.4 Å². The first-order valence-corrected chi connectivity index (χ1v) is 8.35. The lowest BCUT2D eigenvalue weighted by atomic mass is 10.1. The minimum atomic E-state index is -0.550. The lowest BCUT2D eigenvalue weighted by Crippen LogP contribution is -2.48. The maximum Gasteiger partial charge on any atom is 0.146 e. The third-order valence-electron chi connectivity index (χ3n) is 4.49. The molecule has 1 fully saturated rings. The van der Waals surface area contributed by atoms with Crippen molar-refractivity contribution in [3.8, 4) is 11.8 Å². The molecule has 1 aliphatic heterocycles. The van der Waals surface area contributed by atoms with Gasteiger partial charge in [0.1, 0.15) is 17.6 Å². The summed E-state index contributed by atoms with van der Waals surface area (Å²) >= 11 is 0. The van der Waals surface area contributed by atoms with E-state index in [-0.39, 0.29) is 0 Å². The molecule has 1 aliphatic rings. The van der Waals surface area contributed by atoms with Crippen LogP contribution >= 0.6 is 0 Å². The molecular weight excluding hydrogens is 316 g/mol. The SMILES string of the molecule is COc1cccc(C(O)CN2CCN(c3ncccc3C#N)CC2)c1. The third kappa shape index (κ3) is 4.08. The zero-order chi connectivity index (χ0) is 17.6. The highest BCUT2D eigenvalue weighted by Crippen LogP contribution is 2.22. The van der Waals surface area contributed by atoms with Crippen LogP contribution in [0.25, 0.3) is 0 Å². The molecule has 25 heavy (non-hydrogen) atoms. The van der Waals surface area contributed by atoms with Crippen molar-refractivity contribution in [3.63, 3.8) is 0 Å². The Balaban J connectivity index is 1.58. The standard InChI is InChI=1S/C19H22N4O2/c1-25-17-6-2-4-15(12-17)18(24)14-22-8-10-23(11-9-22)19-16(13-20)5-3-7-21-19/h2-7,12,18,24H,8-11,14H2,1H3. The molecule has 130 valence electrons. The number of ether oxygens (including phenoxy) is 1. The van der Waals surface area contributed by atoms with E-state index >= 15 is 0 Å². The molecule has 1 N–H and O–H groups in total. The zero-order valence-electron chi connectivity index (χ0n) is 14.3. The molecule has 6 nitrogen and oxygen atoms in total. The summed E-state index contributed by atoms with van der Waals surface area (Å²) in [7, 11) is 1.62. The van der Waals surface area contributed by atoms with Crippen LogP contribution in [0.15, 0.2) is 42.6 Å². The van der Waals surface area contributed by atoms with Gasteiger partial charge in [0.05, 0.1) is 18.8 Å². The first-order valence-electron chi connectivity index (χ1n) is 8.35. The Labute approximate surface area is 147 Å². The van der Waals surface area contributed by atoms with Crippen LogP contribution in [0.4, 0.5) is 5.82 Å². The van der Waals surface area contributed by atoms with Gasteiger partial charge in [-0.25, -0.2) is 4.98 Å². The number of aliphatic hydroxyl groups excluding tert-OH is 1. The normalized spacial score (nSPS) is 16.3. The second-order valence-corrected chi connectivity index (χ2v) is 6.07. The summed E-state index contributed by atoms with van der Waals surface area (Å²) in [6.45, 7) is 3.80. The van der Waals surface area contributed by atoms with Crippen LogP contribution < -0.4 is 9.64 Å². The molecule has 0 bridgehead atoms. The number of hydrogen-bond donors (Lipinski definition) is 1. The first-order chi connectivity index (χ1) is 12.2. The van der Waals surface area contributed by atoms with Gasteiger partial charge in [0.2, 0.25) is 0 Å². The largest absolute Gasteiger partial charge is 0.497 e. The predicted octanol–water partition coefficient (Wildman–Crippen LogP) is 1.82. The van der Waals surface area contributed by atoms with Crippen LogP contribution in [-0.2, 0) is 0 Å². The average molecular weight is 338 g/mol. The lowest BCUT2D eigenvalue weighted by Gasteiger charge is -2.36. The summed E-state index contributed by atoms with van der Waals surface area (Å²) in [4.78, 5) is 8.71. The number of aliphatic hydroxyl groups is 1. The Bertz CT molecular complexity index is 751. The van der Waals surface area contributed by atoms with Crippen molar-refractivity contribution in [2.75, 3.05) is 44.7 Å². The number of hydrogen-bond acceptors (Lipinski definition) is 6. The minimum Gasteiger partial charge on any atom is -0.497 e. The van der Waals surface area contributed by atoms with Gasteiger partial charge in [-0.05, 0) is 29.8 Å². The Morgan fingerprint density at radius 3 is 2.76 bits per heavy atom. The molecule has 0 aliphatic carbocycles. The molecule has 1 aromatic heterocycles. The van der Waals surface area contributed by atoms with Crippen molar-refractivity contribution >= 4 is 5.82 Å². The monoisotopic (exact) mass is 338 g/mol. The fourth-order valence-corrected chi connectivity index (χ4v) is 3.08. The molecule has 0 saturated carbocycles. The van der Waals surface area contributed by atoms with Crippen LogP contribution in [0.5, 0.6) is 5.75 Å². The van der Waals surface area contributed by atoms with E-state index in [2.05, 4.69) is 20.9 Å². The molecule has 0 radical (unpaired) electrons. The average Bonchev–Trinajstić information content (AvgIpc) is 2.68. The summed E-state index contributed by atoms with van der Waals surface area (Å²) in [6, 6.07) is 13.3. The number of β-amino-alcohol motifs (C(OH)–C–C–N with tert-alkyl or cyclic N) is 1. The van der Waals surface area contributed by atoms with E-state index in [0.29, 0.717) is 12.1 Å². The smallest absolute Gasteiger partial charge is 0.146 e. The summed E-state index contributed by atoms with van der Waals surface area (Å²) in [5, 5.41) is 19.7. The number of nitriles is 1. The number of nitrogens with zero attached hydrogens (tertiary/aromatic N) is 4. The zero-order valence-corrected chi connectivity index (χ0v) is 14.3. The molecule has 1 unspecified atom stereocenters. The third-order valence-corrected chi connectivity index (χ3v) is 4.49. The molecule has 2 aromatic rings. The molecule has 6 heteroatoms. The van der Waals surface area contributed by atoms with Crippen molar-refractivity contribution in [1.82, 2.24) is 9.88 Å². The molecule has 1 aromatic carbocycles. The molecule has 1 atom stereocenters. The van der Waals surface area contributed by atoms with E-state index in [9.17, 15) is 10.4 Å². The van der Waals surface area contributed by atoms with E-state index < -0.39 is 6.10 Å². The van der Waals surface area contributed by atoms with Crippen molar-refractivity contribution < 1.29 is 9.84 Å². The van der Waals surface area contributed by atoms with Gasteiger partial charge in [0.25, 0.3) is 0 Å². The number of methoxy groups -OCH3 is 1. The van der Waals surface area contributed by atoms with E-state index in [1.807, 2.05) is 24.3 Å². The van der Waals surface area contributed by atoms with Crippen LogP contribution in [0.1, 0.15) is 17.2 Å². The maximum absolute atomic E-state index is 10.5. The van der Waals surface area contributed by atoms with Crippen molar-refractivity contribution in [2.45, 2.75) is 6.10 Å². The molecule has 3 rings (SSSR count). The van der Waals surface area contributed by atoms with E-state index in [1.165, 1.54) is 0 Å². The van der Waals surface area contributed by atoms with E-state index in [0.717, 1.165) is 43.3 Å². The Morgan fingerprint density at radius 2 is 2.04 bits per heavy atom. The number of benzene rings is 1. The van der Waals surface area contributed by atoms with Crippen LogP contribution in [0.2, 0.25) is 0 Å². The lowest BCUT2D eigenvalue weighted by molar-refractivity contribution is 0.109. The number of aromatic nitrogens is 1. The van der Waals surface area contributed by atoms with Gasteiger partial charge in [-0.3, -0.25) is 4.90 Å². The summed E-state index contributed by atoms with van der Waals surface area (Å²) in [6.07, 6.45) is 1.17. The highest BCUT2D eigenvalue weighted by molar-refractivity contribution is 5.53. The fourth-order valence-electron chi connectivity index (χ4n) is 3.08. The minimum absolute atomic E-state index is 0.550. The van der Waals surface area contributed by atoms with Gasteiger partial charge in [0, 0.05) is 38.9 Å². The van der Waals surface area contributed by atoms with Gasteiger partial charge in [-0.15, -0.1) is 0 Å². The fraction of sp³-hybridized carbons (Fsp3) is 0.368. The summed E-state index contributed by atoms with van der Waals surface area (Å²) in [5.41, 5.74) is 1.46. The van der Waals surface area contributed by atoms with Crippen LogP contribution in [-0.4, -0.2) is 54.8 Å². The molecule has 2 heterocycles. The number of pyridine rings is 1. The number of rotatable bonds is 5. The summed E-state index contributed by atoms with van der Waals surface area (Å²) in [5.74, 6) is 1.50. The topological polar surface area (TPSA) is 72.6 Å². The second-order valence-electron chi connectivity index (χ2n) is 6.07. The molecule has 0 spiro atoms. The number of piperazine rings is 1. The quantitative estimate of drug-likeness (QED) is 0.896. The highest BCUT2D eigenvalue weighted by Gasteiger charge is 2.22. The Hall–Kier alpha value is -2.62. The van der Waals surface area contributed by atoms with E-state index in [4.69, 9.17) is 4.74 Å². The van der Waals surface area contributed by atoms with Gasteiger partial charge < -0.3 is 14.7 Å². The number of anilines is 1. The van der Waals surface area contributed by atoms with Gasteiger partial charge in [-0.1, -0.05) is 12.1 Å². The van der Waals surface area contributed by atoms with Gasteiger partial charge in [-0.2, -0.15) is 5.26 Å². The summed E-state index contributed by atoms with van der Waals surface area (Å²) < 4.78 is 5.22. The molecular formula is C19H22N4O2. The van der Waals surface area contributed by atoms with Crippen LogP contribution in [0, 0.1) is 11.3 Å². The predicted molar refractivity (Wildman–Crippen MR) is 95.6 cm³/mol. The van der Waals surface area contributed by atoms with Crippen LogP contribution in [0.3, 0.4) is 0 Å². The second kappa shape index (κ2) is 7.97. The molecule has 1 saturated heterocycles. The van der Waals surface area contributed by atoms with Crippen molar-refractivity contribution in [1.29, 1.82) is 5.26 Å². The Morgan fingerprint density at radius 1 is 1.24 bits per heavy atom. The maximum atomic E-state index is 10.5. The van der Waals surface area contributed by atoms with Crippen molar-refractivity contribution in [2.24, 2.45) is 0 Å². The Kier molecular flexibility index (Phi) is 5.49. The van der Waals surface area contributed by atoms with Crippen molar-refractivity contribution in [3.05, 3.63) is 53.7 Å².